The SMILES string of the molecule is CCNC(=O)C(N)c1ccc(Cl)cc1. The molecule has 0 fully saturated rings. The molecule has 0 saturated heterocycles. The topological polar surface area (TPSA) is 55.1 Å². The van der Waals surface area contributed by atoms with Crippen LogP contribution < -0.4 is 11.1 Å². The number of hydrogen-bond acceptors (Lipinski definition) is 2. The first kappa shape index (κ1) is 11.0. The van der Waals surface area contributed by atoms with E-state index in [9.17, 15) is 4.79 Å². The molecule has 1 amide bonds. The van der Waals surface area contributed by atoms with Crippen molar-refractivity contribution in [1.29, 1.82) is 0 Å². The molecular formula is C10H13ClN2O. The molecular weight excluding hydrogens is 200 g/mol. The minimum Gasteiger partial charge on any atom is -0.355 e. The Balaban J connectivity index is 2.73. The third-order valence-corrected chi connectivity index (χ3v) is 2.11. The van der Waals surface area contributed by atoms with E-state index in [4.69, 9.17) is 17.3 Å². The molecule has 1 rings (SSSR count). The van der Waals surface area contributed by atoms with Crippen LogP contribution in [0.4, 0.5) is 0 Å². The van der Waals surface area contributed by atoms with Crippen LogP contribution in [0.1, 0.15) is 18.5 Å². The fraction of sp³-hybridized carbons (Fsp3) is 0.300. The number of rotatable bonds is 3. The fourth-order valence-corrected chi connectivity index (χ4v) is 1.23. The second-order valence-electron chi connectivity index (χ2n) is 2.92. The third kappa shape index (κ3) is 2.72. The van der Waals surface area contributed by atoms with Crippen LogP contribution >= 0.6 is 11.6 Å². The monoisotopic (exact) mass is 212 g/mol. The van der Waals surface area contributed by atoms with Crippen molar-refractivity contribution in [3.63, 3.8) is 0 Å². The maximum absolute atomic E-state index is 11.4. The zero-order valence-corrected chi connectivity index (χ0v) is 8.71. The van der Waals surface area contributed by atoms with E-state index in [1.165, 1.54) is 0 Å². The van der Waals surface area contributed by atoms with Crippen LogP contribution in [0.2, 0.25) is 5.02 Å². The van der Waals surface area contributed by atoms with E-state index in [2.05, 4.69) is 5.32 Å². The standard InChI is InChI=1S/C10H13ClN2O/c1-2-13-10(14)9(12)7-3-5-8(11)6-4-7/h3-6,9H,2,12H2,1H3,(H,13,14). The van der Waals surface area contributed by atoms with Crippen LogP contribution in [-0.4, -0.2) is 12.5 Å². The van der Waals surface area contributed by atoms with Gasteiger partial charge in [-0.25, -0.2) is 0 Å². The molecule has 14 heavy (non-hydrogen) atoms. The minimum atomic E-state index is -0.618. The normalized spacial score (nSPS) is 12.2. The molecule has 0 aromatic heterocycles. The summed E-state index contributed by atoms with van der Waals surface area (Å²) in [6.07, 6.45) is 0. The van der Waals surface area contributed by atoms with Gasteiger partial charge < -0.3 is 11.1 Å². The molecule has 1 aromatic rings. The van der Waals surface area contributed by atoms with E-state index in [0.717, 1.165) is 5.56 Å². The van der Waals surface area contributed by atoms with Gasteiger partial charge in [-0.3, -0.25) is 4.79 Å². The van der Waals surface area contributed by atoms with Crippen LogP contribution in [0.5, 0.6) is 0 Å². The lowest BCUT2D eigenvalue weighted by Crippen LogP contribution is -2.33. The molecule has 0 spiro atoms. The van der Waals surface area contributed by atoms with Crippen LogP contribution in [0.3, 0.4) is 0 Å². The van der Waals surface area contributed by atoms with Crippen molar-refractivity contribution < 1.29 is 4.79 Å². The van der Waals surface area contributed by atoms with Gasteiger partial charge in [0.2, 0.25) is 5.91 Å². The number of likely N-dealkylation sites (N-methyl/N-ethyl adjacent to an activating group) is 1. The van der Waals surface area contributed by atoms with Gasteiger partial charge in [-0.1, -0.05) is 23.7 Å². The molecule has 3 N–H and O–H groups in total. The van der Waals surface area contributed by atoms with Crippen molar-refractivity contribution in [3.05, 3.63) is 34.9 Å². The van der Waals surface area contributed by atoms with Gasteiger partial charge in [0.1, 0.15) is 6.04 Å². The van der Waals surface area contributed by atoms with Crippen molar-refractivity contribution in [2.24, 2.45) is 5.73 Å². The molecule has 3 nitrogen and oxygen atoms in total. The number of halogens is 1. The lowest BCUT2D eigenvalue weighted by atomic mass is 10.1. The highest BCUT2D eigenvalue weighted by molar-refractivity contribution is 6.30. The molecule has 1 atom stereocenters. The molecule has 0 bridgehead atoms. The summed E-state index contributed by atoms with van der Waals surface area (Å²) in [5.74, 6) is -0.171. The zero-order chi connectivity index (χ0) is 10.6. The average Bonchev–Trinajstić information content (AvgIpc) is 2.18. The van der Waals surface area contributed by atoms with Gasteiger partial charge in [0.25, 0.3) is 0 Å². The van der Waals surface area contributed by atoms with Crippen LogP contribution in [0, 0.1) is 0 Å². The lowest BCUT2D eigenvalue weighted by molar-refractivity contribution is -0.122. The molecule has 0 radical (unpaired) electrons. The Bertz CT molecular complexity index is 310. The summed E-state index contributed by atoms with van der Waals surface area (Å²) >= 11 is 5.72. The summed E-state index contributed by atoms with van der Waals surface area (Å²) in [4.78, 5) is 11.4. The Morgan fingerprint density at radius 2 is 2.07 bits per heavy atom. The number of nitrogens with two attached hydrogens (primary N) is 1. The Morgan fingerprint density at radius 1 is 1.50 bits per heavy atom. The van der Waals surface area contributed by atoms with Crippen molar-refractivity contribution >= 4 is 17.5 Å². The molecule has 76 valence electrons. The molecule has 0 aliphatic rings. The van der Waals surface area contributed by atoms with Gasteiger partial charge in [-0.05, 0) is 24.6 Å². The summed E-state index contributed by atoms with van der Waals surface area (Å²) in [5.41, 5.74) is 6.48. The predicted molar refractivity (Wildman–Crippen MR) is 57.1 cm³/mol. The van der Waals surface area contributed by atoms with Gasteiger partial charge in [0.05, 0.1) is 0 Å². The summed E-state index contributed by atoms with van der Waals surface area (Å²) in [6, 6.07) is 6.32. The molecule has 0 saturated carbocycles. The number of hydrogen-bond donors (Lipinski definition) is 2. The number of amides is 1. The largest absolute Gasteiger partial charge is 0.355 e. The van der Waals surface area contributed by atoms with E-state index < -0.39 is 6.04 Å². The first-order chi connectivity index (χ1) is 6.65. The first-order valence-electron chi connectivity index (χ1n) is 4.44. The van der Waals surface area contributed by atoms with E-state index >= 15 is 0 Å². The zero-order valence-electron chi connectivity index (χ0n) is 7.96. The third-order valence-electron chi connectivity index (χ3n) is 1.86. The van der Waals surface area contributed by atoms with E-state index in [-0.39, 0.29) is 5.91 Å². The van der Waals surface area contributed by atoms with Crippen LogP contribution in [-0.2, 0) is 4.79 Å². The Labute approximate surface area is 88.2 Å². The quantitative estimate of drug-likeness (QED) is 0.798. The number of nitrogens with one attached hydrogen (secondary N) is 1. The fourth-order valence-electron chi connectivity index (χ4n) is 1.11. The Hall–Kier alpha value is -1.06. The predicted octanol–water partition coefficient (Wildman–Crippen LogP) is 1.48. The van der Waals surface area contributed by atoms with Crippen molar-refractivity contribution in [1.82, 2.24) is 5.32 Å². The summed E-state index contributed by atoms with van der Waals surface area (Å²) in [7, 11) is 0. The highest BCUT2D eigenvalue weighted by atomic mass is 35.5. The summed E-state index contributed by atoms with van der Waals surface area (Å²) < 4.78 is 0. The van der Waals surface area contributed by atoms with E-state index in [1.54, 1.807) is 24.3 Å². The molecule has 0 heterocycles. The molecule has 1 aromatic carbocycles. The van der Waals surface area contributed by atoms with Crippen molar-refractivity contribution in [2.45, 2.75) is 13.0 Å². The van der Waals surface area contributed by atoms with Gasteiger partial charge in [0, 0.05) is 11.6 Å². The second kappa shape index (κ2) is 4.98. The number of benzene rings is 1. The number of carbonyl (C=O) groups excluding carboxylic acids is 1. The van der Waals surface area contributed by atoms with E-state index in [0.29, 0.717) is 11.6 Å². The Kier molecular flexibility index (Phi) is 3.92. The maximum atomic E-state index is 11.4. The molecule has 0 aliphatic heterocycles. The van der Waals surface area contributed by atoms with Gasteiger partial charge in [0.15, 0.2) is 0 Å². The highest BCUT2D eigenvalue weighted by Gasteiger charge is 2.13. The average molecular weight is 213 g/mol. The molecule has 1 unspecified atom stereocenters. The van der Waals surface area contributed by atoms with E-state index in [1.807, 2.05) is 6.92 Å². The smallest absolute Gasteiger partial charge is 0.241 e. The molecule has 4 heteroatoms. The molecule has 0 aliphatic carbocycles. The second-order valence-corrected chi connectivity index (χ2v) is 3.36. The first-order valence-corrected chi connectivity index (χ1v) is 4.81. The van der Waals surface area contributed by atoms with Gasteiger partial charge >= 0.3 is 0 Å². The Morgan fingerprint density at radius 3 is 2.57 bits per heavy atom. The number of carbonyl (C=O) groups is 1. The van der Waals surface area contributed by atoms with Crippen molar-refractivity contribution in [3.8, 4) is 0 Å². The van der Waals surface area contributed by atoms with Crippen molar-refractivity contribution in [2.75, 3.05) is 6.54 Å². The summed E-state index contributed by atoms with van der Waals surface area (Å²) in [6.45, 7) is 2.44. The highest BCUT2D eigenvalue weighted by Crippen LogP contribution is 2.14. The lowest BCUT2D eigenvalue weighted by Gasteiger charge is -2.11. The van der Waals surface area contributed by atoms with Gasteiger partial charge in [-0.2, -0.15) is 0 Å². The summed E-state index contributed by atoms with van der Waals surface area (Å²) in [5, 5.41) is 3.30. The maximum Gasteiger partial charge on any atom is 0.241 e. The van der Waals surface area contributed by atoms with Crippen LogP contribution in [0.25, 0.3) is 0 Å². The minimum absolute atomic E-state index is 0.171. The van der Waals surface area contributed by atoms with Crippen LogP contribution in [0.15, 0.2) is 24.3 Å². The van der Waals surface area contributed by atoms with Gasteiger partial charge in [-0.15, -0.1) is 0 Å².